The predicted molar refractivity (Wildman–Crippen MR) is 106 cm³/mol. The average Bonchev–Trinajstić information content (AvgIpc) is 3.14. The topological polar surface area (TPSA) is 86.1 Å². The lowest BCUT2D eigenvalue weighted by atomic mass is 10.2. The Hall–Kier alpha value is -3.20. The van der Waals surface area contributed by atoms with Gasteiger partial charge in [0.1, 0.15) is 5.82 Å². The third kappa shape index (κ3) is 5.41. The summed E-state index contributed by atoms with van der Waals surface area (Å²) < 4.78 is 19.8. The van der Waals surface area contributed by atoms with Crippen LogP contribution in [0, 0.1) is 5.82 Å². The Labute approximate surface area is 171 Å². The van der Waals surface area contributed by atoms with Crippen LogP contribution in [0.1, 0.15) is 23.1 Å². The third-order valence-corrected chi connectivity index (χ3v) is 4.76. The number of esters is 1. The second-order valence-corrected chi connectivity index (χ2v) is 6.80. The number of ether oxygens (including phenoxy) is 1. The highest BCUT2D eigenvalue weighted by Crippen LogP contribution is 2.22. The van der Waals surface area contributed by atoms with Gasteiger partial charge in [-0.15, -0.1) is 10.2 Å². The molecular weight excluding hydrogens is 395 g/mol. The van der Waals surface area contributed by atoms with E-state index in [1.807, 2.05) is 30.3 Å². The summed E-state index contributed by atoms with van der Waals surface area (Å²) in [6.07, 6.45) is 0. The Morgan fingerprint density at radius 2 is 1.83 bits per heavy atom. The van der Waals surface area contributed by atoms with Crippen molar-refractivity contribution in [3.05, 3.63) is 71.8 Å². The molecule has 1 N–H and O–H groups in total. The van der Waals surface area contributed by atoms with E-state index in [0.29, 0.717) is 23.2 Å². The van der Waals surface area contributed by atoms with Crippen LogP contribution in [0.5, 0.6) is 0 Å². The smallest absolute Gasteiger partial charge is 0.316 e. The minimum absolute atomic E-state index is 0.0980. The van der Waals surface area contributed by atoms with Gasteiger partial charge in [0, 0.05) is 11.3 Å². The Morgan fingerprint density at radius 3 is 2.52 bits per heavy atom. The molecule has 0 aliphatic rings. The van der Waals surface area contributed by atoms with Crippen LogP contribution < -0.4 is 5.32 Å². The largest absolute Gasteiger partial charge is 0.465 e. The number of carbonyl (C=O) groups is 2. The van der Waals surface area contributed by atoms with Crippen LogP contribution in [0.4, 0.5) is 4.39 Å². The fourth-order valence-corrected chi connectivity index (χ4v) is 3.30. The number of benzene rings is 2. The van der Waals surface area contributed by atoms with Crippen LogP contribution in [0.25, 0.3) is 5.69 Å². The van der Waals surface area contributed by atoms with Crippen molar-refractivity contribution in [2.45, 2.75) is 18.6 Å². The van der Waals surface area contributed by atoms with Gasteiger partial charge in [0.2, 0.25) is 0 Å². The zero-order valence-electron chi connectivity index (χ0n) is 15.7. The molecule has 1 amide bonds. The first-order valence-corrected chi connectivity index (χ1v) is 9.89. The van der Waals surface area contributed by atoms with Gasteiger partial charge in [0.05, 0.1) is 18.9 Å². The van der Waals surface area contributed by atoms with Crippen LogP contribution in [0.3, 0.4) is 0 Å². The summed E-state index contributed by atoms with van der Waals surface area (Å²) in [5.74, 6) is -0.507. The van der Waals surface area contributed by atoms with E-state index in [9.17, 15) is 14.0 Å². The zero-order valence-corrected chi connectivity index (χ0v) is 16.5. The molecule has 0 atom stereocenters. The van der Waals surface area contributed by atoms with Crippen molar-refractivity contribution in [3.8, 4) is 5.69 Å². The molecule has 0 bridgehead atoms. The monoisotopic (exact) mass is 414 g/mol. The highest BCUT2D eigenvalue weighted by molar-refractivity contribution is 7.99. The van der Waals surface area contributed by atoms with Gasteiger partial charge in [-0.2, -0.15) is 0 Å². The molecule has 0 aliphatic heterocycles. The highest BCUT2D eigenvalue weighted by atomic mass is 32.2. The molecule has 1 aromatic heterocycles. The van der Waals surface area contributed by atoms with Crippen molar-refractivity contribution in [2.75, 3.05) is 12.4 Å². The van der Waals surface area contributed by atoms with Crippen LogP contribution in [0.15, 0.2) is 59.8 Å². The van der Waals surface area contributed by atoms with Crippen molar-refractivity contribution < 1.29 is 18.7 Å². The standard InChI is InChI=1S/C20H19FN4O3S/c1-2-28-18(26)13-29-20-24-23-17(25(20)16-6-4-3-5-7-16)12-22-19(27)14-8-10-15(21)11-9-14/h3-11H,2,12-13H2,1H3,(H,22,27). The van der Waals surface area contributed by atoms with Crippen molar-refractivity contribution in [1.82, 2.24) is 20.1 Å². The number of amides is 1. The van der Waals surface area contributed by atoms with E-state index in [-0.39, 0.29) is 24.2 Å². The minimum atomic E-state index is -0.409. The summed E-state index contributed by atoms with van der Waals surface area (Å²) in [6.45, 7) is 2.17. The Bertz CT molecular complexity index is 977. The predicted octanol–water partition coefficient (Wildman–Crippen LogP) is 2.99. The Balaban J connectivity index is 1.78. The van der Waals surface area contributed by atoms with Gasteiger partial charge in [-0.05, 0) is 43.3 Å². The SMILES string of the molecule is CCOC(=O)CSc1nnc(CNC(=O)c2ccc(F)cc2)n1-c1ccccc1. The maximum absolute atomic E-state index is 13.0. The summed E-state index contributed by atoms with van der Waals surface area (Å²) in [5, 5.41) is 11.6. The number of nitrogens with zero attached hydrogens (tertiary/aromatic N) is 3. The maximum Gasteiger partial charge on any atom is 0.316 e. The quantitative estimate of drug-likeness (QED) is 0.451. The lowest BCUT2D eigenvalue weighted by Gasteiger charge is -2.11. The van der Waals surface area contributed by atoms with Crippen LogP contribution in [-0.2, 0) is 16.1 Å². The van der Waals surface area contributed by atoms with Gasteiger partial charge in [-0.25, -0.2) is 4.39 Å². The molecule has 7 nitrogen and oxygen atoms in total. The second-order valence-electron chi connectivity index (χ2n) is 5.85. The van der Waals surface area contributed by atoms with Crippen molar-refractivity contribution in [2.24, 2.45) is 0 Å². The molecule has 0 radical (unpaired) electrons. The number of aromatic nitrogens is 3. The number of rotatable bonds is 8. The van der Waals surface area contributed by atoms with Crippen LogP contribution >= 0.6 is 11.8 Å². The number of carbonyl (C=O) groups excluding carboxylic acids is 2. The number of nitrogens with one attached hydrogen (secondary N) is 1. The van der Waals surface area contributed by atoms with Gasteiger partial charge in [-0.1, -0.05) is 30.0 Å². The molecule has 0 unspecified atom stereocenters. The molecule has 29 heavy (non-hydrogen) atoms. The van der Waals surface area contributed by atoms with Crippen molar-refractivity contribution in [1.29, 1.82) is 0 Å². The summed E-state index contributed by atoms with van der Waals surface area (Å²) in [7, 11) is 0. The van der Waals surface area contributed by atoms with Crippen molar-refractivity contribution in [3.63, 3.8) is 0 Å². The average molecular weight is 414 g/mol. The van der Waals surface area contributed by atoms with Crippen LogP contribution in [-0.4, -0.2) is 39.0 Å². The first-order chi connectivity index (χ1) is 14.1. The zero-order chi connectivity index (χ0) is 20.6. The normalized spacial score (nSPS) is 10.6. The Morgan fingerprint density at radius 1 is 1.10 bits per heavy atom. The van der Waals surface area contributed by atoms with Crippen molar-refractivity contribution >= 4 is 23.6 Å². The molecule has 0 spiro atoms. The summed E-state index contributed by atoms with van der Waals surface area (Å²) in [5.41, 5.74) is 1.14. The molecule has 0 fully saturated rings. The first-order valence-electron chi connectivity index (χ1n) is 8.90. The fourth-order valence-electron chi connectivity index (χ4n) is 2.53. The van der Waals surface area contributed by atoms with Gasteiger partial charge in [-0.3, -0.25) is 14.2 Å². The molecule has 3 aromatic rings. The lowest BCUT2D eigenvalue weighted by molar-refractivity contribution is -0.139. The first kappa shape index (κ1) is 20.5. The van der Waals surface area contributed by atoms with E-state index < -0.39 is 5.82 Å². The lowest BCUT2D eigenvalue weighted by Crippen LogP contribution is -2.24. The molecule has 2 aromatic carbocycles. The van der Waals surface area contributed by atoms with E-state index in [1.54, 1.807) is 11.5 Å². The summed E-state index contributed by atoms with van der Waals surface area (Å²) in [4.78, 5) is 24.0. The van der Waals surface area contributed by atoms with Gasteiger partial charge in [0.15, 0.2) is 11.0 Å². The third-order valence-electron chi connectivity index (χ3n) is 3.85. The second kappa shape index (κ2) is 9.83. The van der Waals surface area contributed by atoms with E-state index in [0.717, 1.165) is 5.69 Å². The van der Waals surface area contributed by atoms with Gasteiger partial charge < -0.3 is 10.1 Å². The number of hydrogen-bond donors (Lipinski definition) is 1. The molecule has 150 valence electrons. The van der Waals surface area contributed by atoms with E-state index in [2.05, 4.69) is 15.5 Å². The number of thioether (sulfide) groups is 1. The number of hydrogen-bond acceptors (Lipinski definition) is 6. The molecule has 1 heterocycles. The number of halogens is 1. The molecular formula is C20H19FN4O3S. The molecule has 3 rings (SSSR count). The molecule has 0 saturated heterocycles. The van der Waals surface area contributed by atoms with Gasteiger partial charge >= 0.3 is 5.97 Å². The minimum Gasteiger partial charge on any atom is -0.465 e. The summed E-state index contributed by atoms with van der Waals surface area (Å²) in [6, 6.07) is 14.7. The van der Waals surface area contributed by atoms with Crippen LogP contribution in [0.2, 0.25) is 0 Å². The van der Waals surface area contributed by atoms with E-state index in [1.165, 1.54) is 36.0 Å². The summed E-state index contributed by atoms with van der Waals surface area (Å²) >= 11 is 1.20. The van der Waals surface area contributed by atoms with E-state index in [4.69, 9.17) is 4.74 Å². The fraction of sp³-hybridized carbons (Fsp3) is 0.200. The Kier molecular flexibility index (Phi) is 6.96. The maximum atomic E-state index is 13.0. The molecule has 0 aliphatic carbocycles. The number of para-hydroxylation sites is 1. The van der Waals surface area contributed by atoms with E-state index >= 15 is 0 Å². The molecule has 0 saturated carbocycles. The highest BCUT2D eigenvalue weighted by Gasteiger charge is 2.17. The molecule has 9 heteroatoms. The van der Waals surface area contributed by atoms with Gasteiger partial charge in [0.25, 0.3) is 5.91 Å².